The van der Waals surface area contributed by atoms with E-state index in [-0.39, 0.29) is 11.2 Å². The number of hydrogen-bond acceptors (Lipinski definition) is 2. The molecule has 76 valence electrons. The van der Waals surface area contributed by atoms with E-state index in [1.807, 2.05) is 35.8 Å². The fraction of sp³-hybridized carbons (Fsp3) is 0.250. The van der Waals surface area contributed by atoms with Gasteiger partial charge in [-0.05, 0) is 19.1 Å². The van der Waals surface area contributed by atoms with E-state index in [0.29, 0.717) is 6.61 Å². The number of aromatic nitrogens is 1. The molecule has 2 aromatic rings. The number of pyridine rings is 1. The number of epoxide rings is 1. The van der Waals surface area contributed by atoms with Crippen LogP contribution in [0.4, 0.5) is 0 Å². The molecule has 3 heteroatoms. The molecule has 15 heavy (non-hydrogen) atoms. The number of para-hydroxylation sites is 1. The third-order valence-electron chi connectivity index (χ3n) is 2.88. The number of benzene rings is 1. The first-order chi connectivity index (χ1) is 7.21. The normalized spacial score (nSPS) is 24.3. The average Bonchev–Trinajstić information content (AvgIpc) is 2.98. The largest absolute Gasteiger partial charge is 0.348 e. The van der Waals surface area contributed by atoms with Crippen molar-refractivity contribution in [1.29, 1.82) is 0 Å². The Kier molecular flexibility index (Phi) is 1.56. The molecule has 1 aromatic carbocycles. The van der Waals surface area contributed by atoms with Crippen LogP contribution in [-0.4, -0.2) is 11.2 Å². The highest BCUT2D eigenvalue weighted by molar-refractivity contribution is 5.78. The highest BCUT2D eigenvalue weighted by Crippen LogP contribution is 2.33. The van der Waals surface area contributed by atoms with Crippen LogP contribution in [-0.2, 0) is 10.5 Å². The lowest BCUT2D eigenvalue weighted by molar-refractivity contribution is 0.252. The Bertz CT molecular complexity index is 581. The summed E-state index contributed by atoms with van der Waals surface area (Å²) in [6.45, 7) is 2.73. The summed E-state index contributed by atoms with van der Waals surface area (Å²) < 4.78 is 7.41. The highest BCUT2D eigenvalue weighted by Gasteiger charge is 2.41. The maximum Gasteiger partial charge on any atom is 0.189 e. The molecule has 0 bridgehead atoms. The number of rotatable bonds is 1. The zero-order valence-electron chi connectivity index (χ0n) is 8.43. The molecule has 0 saturated carbocycles. The predicted octanol–water partition coefficient (Wildman–Crippen LogP) is 1.70. The third kappa shape index (κ3) is 1.20. The maximum absolute atomic E-state index is 11.6. The van der Waals surface area contributed by atoms with Crippen LogP contribution in [0.3, 0.4) is 0 Å². The molecule has 1 fully saturated rings. The van der Waals surface area contributed by atoms with Crippen molar-refractivity contribution in [2.75, 3.05) is 6.61 Å². The van der Waals surface area contributed by atoms with E-state index in [9.17, 15) is 4.79 Å². The van der Waals surface area contributed by atoms with E-state index >= 15 is 0 Å². The van der Waals surface area contributed by atoms with Crippen LogP contribution in [0.2, 0.25) is 0 Å². The summed E-state index contributed by atoms with van der Waals surface area (Å²) in [5, 5.41) is 0.747. The Hall–Kier alpha value is -1.61. The fourth-order valence-corrected chi connectivity index (χ4v) is 1.86. The summed E-state index contributed by atoms with van der Waals surface area (Å²) >= 11 is 0. The predicted molar refractivity (Wildman–Crippen MR) is 57.8 cm³/mol. The first-order valence-electron chi connectivity index (χ1n) is 4.96. The van der Waals surface area contributed by atoms with Crippen molar-refractivity contribution in [3.05, 3.63) is 46.8 Å². The molecule has 1 aliphatic rings. The van der Waals surface area contributed by atoms with Gasteiger partial charge < -0.3 is 9.30 Å². The first kappa shape index (κ1) is 8.68. The zero-order valence-corrected chi connectivity index (χ0v) is 8.43. The van der Waals surface area contributed by atoms with E-state index in [2.05, 4.69) is 0 Å². The van der Waals surface area contributed by atoms with Crippen LogP contribution >= 0.6 is 0 Å². The first-order valence-corrected chi connectivity index (χ1v) is 4.96. The Balaban J connectivity index is 2.41. The molecule has 0 amide bonds. The van der Waals surface area contributed by atoms with Crippen LogP contribution in [0.1, 0.15) is 6.92 Å². The second-order valence-corrected chi connectivity index (χ2v) is 4.03. The molecule has 0 spiro atoms. The minimum absolute atomic E-state index is 0.0612. The van der Waals surface area contributed by atoms with Crippen LogP contribution in [0, 0.1) is 0 Å². The number of fused-ring (bicyclic) bond motifs is 1. The van der Waals surface area contributed by atoms with Crippen LogP contribution in [0.25, 0.3) is 10.9 Å². The maximum atomic E-state index is 11.6. The number of nitrogens with zero attached hydrogens (tertiary/aromatic N) is 1. The molecule has 0 aliphatic carbocycles. The molecule has 0 radical (unpaired) electrons. The number of hydrogen-bond donors (Lipinski definition) is 0. The Labute approximate surface area is 86.9 Å². The van der Waals surface area contributed by atoms with Crippen LogP contribution in [0.5, 0.6) is 0 Å². The lowest BCUT2D eigenvalue weighted by Crippen LogP contribution is -2.17. The molecule has 1 aliphatic heterocycles. The average molecular weight is 201 g/mol. The van der Waals surface area contributed by atoms with E-state index in [1.165, 1.54) is 0 Å². The molecule has 1 saturated heterocycles. The third-order valence-corrected chi connectivity index (χ3v) is 2.88. The molecule has 1 unspecified atom stereocenters. The van der Waals surface area contributed by atoms with E-state index in [1.54, 1.807) is 12.3 Å². The monoisotopic (exact) mass is 201 g/mol. The standard InChI is InChI=1S/C12H11NO2/c1-12(8-15-12)13-7-6-11(14)9-4-2-3-5-10(9)13/h2-7H,8H2,1H3. The molecule has 1 aromatic heterocycles. The Morgan fingerprint density at radius 3 is 2.80 bits per heavy atom. The van der Waals surface area contributed by atoms with E-state index in [4.69, 9.17) is 4.74 Å². The molecular weight excluding hydrogens is 190 g/mol. The van der Waals surface area contributed by atoms with Gasteiger partial charge in [-0.15, -0.1) is 0 Å². The van der Waals surface area contributed by atoms with E-state index in [0.717, 1.165) is 10.9 Å². The molecule has 3 rings (SSSR count). The summed E-state index contributed by atoms with van der Waals surface area (Å²) in [5.74, 6) is 0. The second-order valence-electron chi connectivity index (χ2n) is 4.03. The topological polar surface area (TPSA) is 34.5 Å². The van der Waals surface area contributed by atoms with Gasteiger partial charge in [0.05, 0.1) is 12.1 Å². The van der Waals surface area contributed by atoms with Gasteiger partial charge in [0.2, 0.25) is 0 Å². The van der Waals surface area contributed by atoms with Crippen molar-refractivity contribution >= 4 is 10.9 Å². The van der Waals surface area contributed by atoms with Crippen molar-refractivity contribution in [2.24, 2.45) is 0 Å². The molecule has 2 heterocycles. The summed E-state index contributed by atoms with van der Waals surface area (Å²) in [4.78, 5) is 11.6. The minimum atomic E-state index is -0.257. The van der Waals surface area contributed by atoms with E-state index < -0.39 is 0 Å². The quantitative estimate of drug-likeness (QED) is 0.658. The van der Waals surface area contributed by atoms with Gasteiger partial charge >= 0.3 is 0 Å². The van der Waals surface area contributed by atoms with Gasteiger partial charge in [-0.2, -0.15) is 0 Å². The van der Waals surface area contributed by atoms with Gasteiger partial charge in [0.1, 0.15) is 0 Å². The molecular formula is C12H11NO2. The van der Waals surface area contributed by atoms with Crippen molar-refractivity contribution < 1.29 is 4.74 Å². The smallest absolute Gasteiger partial charge is 0.189 e. The summed E-state index contributed by atoms with van der Waals surface area (Å²) in [7, 11) is 0. The molecule has 3 nitrogen and oxygen atoms in total. The van der Waals surface area contributed by atoms with Gasteiger partial charge in [0.25, 0.3) is 0 Å². The van der Waals surface area contributed by atoms with Gasteiger partial charge in [-0.1, -0.05) is 12.1 Å². The van der Waals surface area contributed by atoms with Gasteiger partial charge in [-0.25, -0.2) is 0 Å². The Morgan fingerprint density at radius 1 is 1.33 bits per heavy atom. The summed E-state index contributed by atoms with van der Waals surface area (Å²) in [5.41, 5.74) is 0.740. The summed E-state index contributed by atoms with van der Waals surface area (Å²) in [6, 6.07) is 9.20. The van der Waals surface area contributed by atoms with Gasteiger partial charge in [0, 0.05) is 17.6 Å². The van der Waals surface area contributed by atoms with Gasteiger partial charge in [0.15, 0.2) is 11.2 Å². The lowest BCUT2D eigenvalue weighted by atomic mass is 10.2. The van der Waals surface area contributed by atoms with Crippen LogP contribution in [0.15, 0.2) is 41.3 Å². The lowest BCUT2D eigenvalue weighted by Gasteiger charge is -2.13. The SMILES string of the molecule is CC1(n2ccc(=O)c3ccccc32)CO1. The zero-order chi connectivity index (χ0) is 10.5. The molecule has 1 atom stereocenters. The number of ether oxygens (including phenoxy) is 1. The second kappa shape index (κ2) is 2.70. The molecule has 0 N–H and O–H groups in total. The van der Waals surface area contributed by atoms with Crippen molar-refractivity contribution in [1.82, 2.24) is 4.57 Å². The summed E-state index contributed by atoms with van der Waals surface area (Å²) in [6.07, 6.45) is 1.80. The van der Waals surface area contributed by atoms with Crippen molar-refractivity contribution in [2.45, 2.75) is 12.6 Å². The Morgan fingerprint density at radius 2 is 2.07 bits per heavy atom. The van der Waals surface area contributed by atoms with Gasteiger partial charge in [-0.3, -0.25) is 4.79 Å². The minimum Gasteiger partial charge on any atom is -0.348 e. The fourth-order valence-electron chi connectivity index (χ4n) is 1.86. The van der Waals surface area contributed by atoms with Crippen molar-refractivity contribution in [3.63, 3.8) is 0 Å². The van der Waals surface area contributed by atoms with Crippen LogP contribution < -0.4 is 5.43 Å². The highest BCUT2D eigenvalue weighted by atomic mass is 16.6. The van der Waals surface area contributed by atoms with Crippen molar-refractivity contribution in [3.8, 4) is 0 Å².